The predicted molar refractivity (Wildman–Crippen MR) is 109 cm³/mol. The molecule has 4 rings (SSSR count). The van der Waals surface area contributed by atoms with Gasteiger partial charge in [0.2, 0.25) is 5.78 Å². The second-order valence-electron chi connectivity index (χ2n) is 5.79. The van der Waals surface area contributed by atoms with E-state index in [4.69, 9.17) is 12.2 Å². The van der Waals surface area contributed by atoms with E-state index in [0.717, 1.165) is 5.69 Å². The van der Waals surface area contributed by atoms with Gasteiger partial charge in [0.1, 0.15) is 4.32 Å². The Balaban J connectivity index is 1.73. The summed E-state index contributed by atoms with van der Waals surface area (Å²) in [5, 5.41) is 9.55. The summed E-state index contributed by atoms with van der Waals surface area (Å²) in [7, 11) is 0. The fraction of sp³-hybridized carbons (Fsp3) is 0.0526. The molecule has 1 fully saturated rings. The van der Waals surface area contributed by atoms with Crippen molar-refractivity contribution in [2.45, 2.75) is 5.37 Å². The molecule has 1 aromatic heterocycles. The molecule has 1 unspecified atom stereocenters. The summed E-state index contributed by atoms with van der Waals surface area (Å²) in [6.07, 6.45) is 1.71. The third-order valence-electron chi connectivity index (χ3n) is 3.96. The Morgan fingerprint density at radius 1 is 1.11 bits per heavy atom. The Labute approximate surface area is 165 Å². The Hall–Kier alpha value is -2.97. The summed E-state index contributed by atoms with van der Waals surface area (Å²) in [5.41, 5.74) is 2.06. The number of hydrogen-bond donors (Lipinski definition) is 2. The highest BCUT2D eigenvalue weighted by molar-refractivity contribution is 8.24. The minimum atomic E-state index is -0.603. The van der Waals surface area contributed by atoms with Crippen molar-refractivity contribution in [3.05, 3.63) is 78.1 Å². The molecule has 2 aromatic carbocycles. The molecular weight excluding hydrogens is 380 g/mol. The number of carbonyl (C=O) groups excluding carboxylic acids is 2. The van der Waals surface area contributed by atoms with Gasteiger partial charge in [0, 0.05) is 5.56 Å². The number of anilines is 1. The molecule has 0 radical (unpaired) electrons. The lowest BCUT2D eigenvalue weighted by Crippen LogP contribution is -2.29. The Morgan fingerprint density at radius 2 is 1.78 bits per heavy atom. The summed E-state index contributed by atoms with van der Waals surface area (Å²) in [5.74, 6) is -0.464. The molecule has 2 heterocycles. The van der Waals surface area contributed by atoms with Crippen LogP contribution in [0.1, 0.15) is 16.1 Å². The van der Waals surface area contributed by atoms with Gasteiger partial charge in [0.25, 0.3) is 5.91 Å². The molecule has 2 N–H and O–H groups in total. The topological polar surface area (TPSA) is 76.0 Å². The fourth-order valence-corrected chi connectivity index (χ4v) is 3.79. The monoisotopic (exact) mass is 394 g/mol. The highest BCUT2D eigenvalue weighted by Gasteiger charge is 2.31. The number of rotatable bonds is 5. The number of nitrogens with one attached hydrogen (secondary N) is 2. The van der Waals surface area contributed by atoms with Crippen LogP contribution in [0.4, 0.5) is 5.69 Å². The van der Waals surface area contributed by atoms with Crippen molar-refractivity contribution in [1.29, 1.82) is 0 Å². The first-order valence-corrected chi connectivity index (χ1v) is 9.43. The zero-order valence-electron chi connectivity index (χ0n) is 14.0. The summed E-state index contributed by atoms with van der Waals surface area (Å²) in [6, 6.07) is 18.4. The van der Waals surface area contributed by atoms with Crippen LogP contribution >= 0.6 is 24.0 Å². The van der Waals surface area contributed by atoms with Crippen LogP contribution in [-0.4, -0.2) is 31.2 Å². The average molecular weight is 394 g/mol. The van der Waals surface area contributed by atoms with Gasteiger partial charge in [-0.3, -0.25) is 9.59 Å². The number of carbonyl (C=O) groups is 2. The van der Waals surface area contributed by atoms with Crippen LogP contribution in [0, 0.1) is 0 Å². The second kappa shape index (κ2) is 7.34. The molecule has 0 saturated carbocycles. The Bertz CT molecular complexity index is 1020. The maximum atomic E-state index is 13.0. The molecule has 8 heteroatoms. The van der Waals surface area contributed by atoms with Crippen molar-refractivity contribution in [3.63, 3.8) is 0 Å². The molecule has 3 aromatic rings. The third-order valence-corrected chi connectivity index (χ3v) is 5.24. The highest BCUT2D eigenvalue weighted by Crippen LogP contribution is 2.26. The van der Waals surface area contributed by atoms with E-state index in [-0.39, 0.29) is 17.4 Å². The van der Waals surface area contributed by atoms with Crippen LogP contribution < -0.4 is 10.6 Å². The van der Waals surface area contributed by atoms with Gasteiger partial charge in [-0.15, -0.1) is 0 Å². The summed E-state index contributed by atoms with van der Waals surface area (Å²) >= 11 is 6.24. The van der Waals surface area contributed by atoms with Crippen molar-refractivity contribution in [3.8, 4) is 5.69 Å². The summed E-state index contributed by atoms with van der Waals surface area (Å²) in [4.78, 5) is 25.0. The number of aromatic nitrogens is 2. The van der Waals surface area contributed by atoms with E-state index in [0.29, 0.717) is 15.6 Å². The van der Waals surface area contributed by atoms with E-state index in [9.17, 15) is 9.59 Å². The standard InChI is InChI=1S/C19H14N4O2S2/c24-16(12-7-3-1-4-8-12)15-14(20-18-17(25)21-19(26)27-18)11-23(22-15)13-9-5-2-6-10-13/h1-11,18,20H,(H,21,25,26). The minimum absolute atomic E-state index is 0.223. The number of thioether (sulfide) groups is 1. The fourth-order valence-electron chi connectivity index (χ4n) is 2.68. The predicted octanol–water partition coefficient (Wildman–Crippen LogP) is 2.99. The molecule has 1 atom stereocenters. The van der Waals surface area contributed by atoms with E-state index < -0.39 is 5.37 Å². The van der Waals surface area contributed by atoms with E-state index in [1.807, 2.05) is 36.4 Å². The van der Waals surface area contributed by atoms with Gasteiger partial charge >= 0.3 is 0 Å². The van der Waals surface area contributed by atoms with E-state index in [2.05, 4.69) is 15.7 Å². The lowest BCUT2D eigenvalue weighted by atomic mass is 10.1. The molecule has 0 aliphatic carbocycles. The van der Waals surface area contributed by atoms with Crippen molar-refractivity contribution in [2.75, 3.05) is 5.32 Å². The maximum Gasteiger partial charge on any atom is 0.258 e. The average Bonchev–Trinajstić information content (AvgIpc) is 3.25. The smallest absolute Gasteiger partial charge is 0.258 e. The van der Waals surface area contributed by atoms with Gasteiger partial charge in [-0.2, -0.15) is 5.10 Å². The van der Waals surface area contributed by atoms with Gasteiger partial charge in [0.05, 0.1) is 17.6 Å². The normalized spacial score (nSPS) is 16.2. The summed E-state index contributed by atoms with van der Waals surface area (Å²) < 4.78 is 2.03. The quantitative estimate of drug-likeness (QED) is 0.512. The Kier molecular flexibility index (Phi) is 4.74. The zero-order valence-corrected chi connectivity index (χ0v) is 15.6. The first-order valence-electron chi connectivity index (χ1n) is 8.15. The Morgan fingerprint density at radius 3 is 2.41 bits per heavy atom. The number of para-hydroxylation sites is 1. The van der Waals surface area contributed by atoms with E-state index in [1.165, 1.54) is 11.8 Å². The molecule has 1 saturated heterocycles. The highest BCUT2D eigenvalue weighted by atomic mass is 32.2. The van der Waals surface area contributed by atoms with Gasteiger partial charge < -0.3 is 10.6 Å². The maximum absolute atomic E-state index is 13.0. The van der Waals surface area contributed by atoms with Crippen molar-refractivity contribution < 1.29 is 9.59 Å². The molecule has 1 aliphatic heterocycles. The van der Waals surface area contributed by atoms with Crippen LogP contribution in [0.25, 0.3) is 5.69 Å². The van der Waals surface area contributed by atoms with Gasteiger partial charge in [0.15, 0.2) is 11.1 Å². The molecule has 0 spiro atoms. The van der Waals surface area contributed by atoms with Gasteiger partial charge in [-0.25, -0.2) is 4.68 Å². The number of ketones is 1. The van der Waals surface area contributed by atoms with Crippen molar-refractivity contribution in [2.24, 2.45) is 0 Å². The van der Waals surface area contributed by atoms with E-state index in [1.54, 1.807) is 35.1 Å². The molecule has 6 nitrogen and oxygen atoms in total. The molecule has 1 aliphatic rings. The second-order valence-corrected chi connectivity index (χ2v) is 7.57. The first-order chi connectivity index (χ1) is 13.1. The molecule has 27 heavy (non-hydrogen) atoms. The first kappa shape index (κ1) is 17.4. The van der Waals surface area contributed by atoms with Crippen LogP contribution in [0.15, 0.2) is 66.9 Å². The van der Waals surface area contributed by atoms with Crippen LogP contribution in [-0.2, 0) is 4.79 Å². The van der Waals surface area contributed by atoms with Gasteiger partial charge in [-0.1, -0.05) is 72.5 Å². The lowest BCUT2D eigenvalue weighted by Gasteiger charge is -2.09. The van der Waals surface area contributed by atoms with Crippen LogP contribution in [0.2, 0.25) is 0 Å². The lowest BCUT2D eigenvalue weighted by molar-refractivity contribution is -0.118. The number of amides is 1. The molecule has 1 amide bonds. The molecule has 0 bridgehead atoms. The zero-order chi connectivity index (χ0) is 18.8. The third kappa shape index (κ3) is 3.62. The largest absolute Gasteiger partial charge is 0.362 e. The summed E-state index contributed by atoms with van der Waals surface area (Å²) in [6.45, 7) is 0. The molecular formula is C19H14N4O2S2. The number of thiocarbonyl (C=S) groups is 1. The van der Waals surface area contributed by atoms with Crippen LogP contribution in [0.3, 0.4) is 0 Å². The number of nitrogens with zero attached hydrogens (tertiary/aromatic N) is 2. The SMILES string of the molecule is O=C(c1ccccc1)c1nn(-c2ccccc2)cc1NC1SC(=S)NC1=O. The molecule has 134 valence electrons. The van der Waals surface area contributed by atoms with Gasteiger partial charge in [-0.05, 0) is 12.1 Å². The van der Waals surface area contributed by atoms with Crippen molar-refractivity contribution >= 4 is 45.7 Å². The van der Waals surface area contributed by atoms with Crippen LogP contribution in [0.5, 0.6) is 0 Å². The van der Waals surface area contributed by atoms with E-state index >= 15 is 0 Å². The number of benzene rings is 2. The minimum Gasteiger partial charge on any atom is -0.362 e. The van der Waals surface area contributed by atoms with Crippen molar-refractivity contribution in [1.82, 2.24) is 15.1 Å². The number of hydrogen-bond acceptors (Lipinski definition) is 6.